The lowest BCUT2D eigenvalue weighted by Gasteiger charge is -2.16. The molecule has 0 spiro atoms. The summed E-state index contributed by atoms with van der Waals surface area (Å²) in [6.07, 6.45) is 12.4. The van der Waals surface area contributed by atoms with Crippen molar-refractivity contribution in [3.63, 3.8) is 0 Å². The van der Waals surface area contributed by atoms with Crippen LogP contribution in [0.3, 0.4) is 0 Å². The highest BCUT2D eigenvalue weighted by molar-refractivity contribution is 5.40. The third-order valence-corrected chi connectivity index (χ3v) is 4.16. The third-order valence-electron chi connectivity index (χ3n) is 4.16. The van der Waals surface area contributed by atoms with Gasteiger partial charge in [0.05, 0.1) is 0 Å². The first kappa shape index (κ1) is 17.3. The van der Waals surface area contributed by atoms with Crippen LogP contribution in [-0.2, 0) is 25.7 Å². The van der Waals surface area contributed by atoms with Crippen LogP contribution in [0.2, 0.25) is 0 Å². The van der Waals surface area contributed by atoms with Gasteiger partial charge in [0.15, 0.2) is 0 Å². The molecular weight excluding hydrogens is 240 g/mol. The second kappa shape index (κ2) is 10.0. The largest absolute Gasteiger partial charge is 0.0654 e. The normalized spacial score (nSPS) is 11.0. The molecule has 0 amide bonds. The summed E-state index contributed by atoms with van der Waals surface area (Å²) in [6, 6.07) is 4.95. The fourth-order valence-electron chi connectivity index (χ4n) is 2.90. The Balaban J connectivity index is 3.02. The summed E-state index contributed by atoms with van der Waals surface area (Å²) in [5.74, 6) is 0. The van der Waals surface area contributed by atoms with E-state index in [9.17, 15) is 0 Å². The monoisotopic (exact) mass is 273 g/mol. The first-order valence-electron chi connectivity index (χ1n) is 8.69. The first-order chi connectivity index (χ1) is 9.76. The quantitative estimate of drug-likeness (QED) is 0.484. The van der Waals surface area contributed by atoms with Crippen molar-refractivity contribution in [1.29, 1.82) is 0 Å². The van der Waals surface area contributed by atoms with E-state index in [2.05, 4.69) is 39.8 Å². The molecule has 0 unspecified atom stereocenters. The zero-order chi connectivity index (χ0) is 14.8. The van der Waals surface area contributed by atoms with Crippen LogP contribution in [0.4, 0.5) is 0 Å². The van der Waals surface area contributed by atoms with E-state index in [0.29, 0.717) is 0 Å². The summed E-state index contributed by atoms with van der Waals surface area (Å²) in [6.45, 7) is 11.0. The fraction of sp³-hybridized carbons (Fsp3) is 0.650. The Hall–Kier alpha value is -0.780. The van der Waals surface area contributed by atoms with Gasteiger partial charge in [-0.1, -0.05) is 52.2 Å². The number of hydrogen-bond acceptors (Lipinski definition) is 0. The molecule has 0 atom stereocenters. The lowest BCUT2D eigenvalue weighted by Crippen LogP contribution is -2.03. The maximum Gasteiger partial charge on any atom is -0.0273 e. The van der Waals surface area contributed by atoms with E-state index in [1.54, 1.807) is 22.3 Å². The van der Waals surface area contributed by atoms with E-state index < -0.39 is 0 Å². The summed E-state index contributed by atoms with van der Waals surface area (Å²) >= 11 is 0. The molecule has 0 saturated heterocycles. The van der Waals surface area contributed by atoms with Crippen LogP contribution in [0.15, 0.2) is 12.1 Å². The Labute approximate surface area is 127 Å². The van der Waals surface area contributed by atoms with E-state index in [1.165, 1.54) is 57.8 Å². The SMILES string of the molecule is [CH2]Cc1c(CCCC)cc(CCCC)cc1CCCC. The summed E-state index contributed by atoms with van der Waals surface area (Å²) in [7, 11) is 0. The number of hydrogen-bond donors (Lipinski definition) is 0. The average Bonchev–Trinajstić information content (AvgIpc) is 2.48. The van der Waals surface area contributed by atoms with Crippen LogP contribution >= 0.6 is 0 Å². The minimum Gasteiger partial charge on any atom is -0.0654 e. The van der Waals surface area contributed by atoms with Gasteiger partial charge in [0.1, 0.15) is 0 Å². The minimum atomic E-state index is 0.951. The van der Waals surface area contributed by atoms with Gasteiger partial charge in [0.25, 0.3) is 0 Å². The van der Waals surface area contributed by atoms with Crippen LogP contribution in [-0.4, -0.2) is 0 Å². The molecule has 1 rings (SSSR count). The van der Waals surface area contributed by atoms with Gasteiger partial charge >= 0.3 is 0 Å². The Morgan fingerprint density at radius 3 is 1.60 bits per heavy atom. The van der Waals surface area contributed by atoms with Crippen molar-refractivity contribution in [2.24, 2.45) is 0 Å². The summed E-state index contributed by atoms with van der Waals surface area (Å²) < 4.78 is 0. The van der Waals surface area contributed by atoms with Gasteiger partial charge in [-0.25, -0.2) is 0 Å². The minimum absolute atomic E-state index is 0.951. The van der Waals surface area contributed by atoms with Gasteiger partial charge < -0.3 is 0 Å². The summed E-state index contributed by atoms with van der Waals surface area (Å²) in [5.41, 5.74) is 6.27. The summed E-state index contributed by atoms with van der Waals surface area (Å²) in [4.78, 5) is 0. The molecule has 20 heavy (non-hydrogen) atoms. The van der Waals surface area contributed by atoms with Gasteiger partial charge in [0, 0.05) is 0 Å². The maximum atomic E-state index is 4.19. The number of unbranched alkanes of at least 4 members (excludes halogenated alkanes) is 3. The van der Waals surface area contributed by atoms with Crippen molar-refractivity contribution in [2.45, 2.75) is 85.0 Å². The smallest absolute Gasteiger partial charge is 0.0273 e. The zero-order valence-electron chi connectivity index (χ0n) is 13.9. The maximum absolute atomic E-state index is 4.19. The van der Waals surface area contributed by atoms with E-state index in [4.69, 9.17) is 0 Å². The number of aryl methyl sites for hydroxylation is 3. The molecule has 0 aliphatic rings. The van der Waals surface area contributed by atoms with Gasteiger partial charge in [0.2, 0.25) is 0 Å². The van der Waals surface area contributed by atoms with Crippen molar-refractivity contribution >= 4 is 0 Å². The van der Waals surface area contributed by atoms with Crippen LogP contribution < -0.4 is 0 Å². The van der Waals surface area contributed by atoms with Crippen LogP contribution in [0.1, 0.15) is 81.5 Å². The van der Waals surface area contributed by atoms with Crippen LogP contribution in [0.25, 0.3) is 0 Å². The fourth-order valence-corrected chi connectivity index (χ4v) is 2.90. The standard InChI is InChI=1S/C20H33/c1-5-9-12-17-15-18(13-10-6-2)20(8-4)19(16-17)14-11-7-3/h15-16H,4-14H2,1-3H3. The topological polar surface area (TPSA) is 0 Å². The third kappa shape index (κ3) is 5.31. The molecule has 0 nitrogen and oxygen atoms in total. The molecule has 0 aliphatic heterocycles. The molecule has 113 valence electrons. The van der Waals surface area contributed by atoms with Gasteiger partial charge in [-0.2, -0.15) is 0 Å². The van der Waals surface area contributed by atoms with E-state index in [0.717, 1.165) is 6.42 Å². The molecule has 1 aromatic rings. The Kier molecular flexibility index (Phi) is 8.65. The predicted octanol–water partition coefficient (Wildman–Crippen LogP) is 6.09. The highest BCUT2D eigenvalue weighted by atomic mass is 14.1. The van der Waals surface area contributed by atoms with Crippen molar-refractivity contribution < 1.29 is 0 Å². The highest BCUT2D eigenvalue weighted by Gasteiger charge is 2.09. The molecule has 0 N–H and O–H groups in total. The molecular formula is C20H33. The van der Waals surface area contributed by atoms with Crippen molar-refractivity contribution in [1.82, 2.24) is 0 Å². The lowest BCUT2D eigenvalue weighted by atomic mass is 9.89. The van der Waals surface area contributed by atoms with E-state index in [1.807, 2.05) is 0 Å². The number of benzene rings is 1. The van der Waals surface area contributed by atoms with Gasteiger partial charge in [-0.05, 0) is 74.1 Å². The van der Waals surface area contributed by atoms with Crippen LogP contribution in [0.5, 0.6) is 0 Å². The van der Waals surface area contributed by atoms with Gasteiger partial charge in [-0.3, -0.25) is 0 Å². The van der Waals surface area contributed by atoms with Gasteiger partial charge in [-0.15, -0.1) is 0 Å². The molecule has 0 heteroatoms. The van der Waals surface area contributed by atoms with E-state index >= 15 is 0 Å². The molecule has 1 aromatic carbocycles. The first-order valence-corrected chi connectivity index (χ1v) is 8.69. The van der Waals surface area contributed by atoms with Crippen molar-refractivity contribution in [3.8, 4) is 0 Å². The molecule has 0 heterocycles. The Morgan fingerprint density at radius 2 is 1.20 bits per heavy atom. The lowest BCUT2D eigenvalue weighted by molar-refractivity contribution is 0.756. The Bertz CT molecular complexity index is 347. The molecule has 0 aromatic heterocycles. The second-order valence-corrected chi connectivity index (χ2v) is 5.95. The highest BCUT2D eigenvalue weighted by Crippen LogP contribution is 2.23. The zero-order valence-corrected chi connectivity index (χ0v) is 13.9. The molecule has 0 aliphatic carbocycles. The molecule has 0 bridgehead atoms. The number of rotatable bonds is 10. The molecule has 1 radical (unpaired) electrons. The predicted molar refractivity (Wildman–Crippen MR) is 91.3 cm³/mol. The Morgan fingerprint density at radius 1 is 0.750 bits per heavy atom. The summed E-state index contributed by atoms with van der Waals surface area (Å²) in [5, 5.41) is 0. The van der Waals surface area contributed by atoms with Crippen molar-refractivity contribution in [3.05, 3.63) is 41.3 Å². The van der Waals surface area contributed by atoms with Crippen LogP contribution in [0, 0.1) is 6.92 Å². The van der Waals surface area contributed by atoms with Crippen molar-refractivity contribution in [2.75, 3.05) is 0 Å². The average molecular weight is 273 g/mol. The second-order valence-electron chi connectivity index (χ2n) is 5.95. The molecule has 0 fully saturated rings. The molecule has 0 saturated carbocycles. The van der Waals surface area contributed by atoms with E-state index in [-0.39, 0.29) is 0 Å².